The first-order valence-electron chi connectivity index (χ1n) is 13.9. The van der Waals surface area contributed by atoms with Gasteiger partial charge < -0.3 is 14.0 Å². The molecule has 2 heterocycles. The number of hydrogen-bond donors (Lipinski definition) is 0. The largest absolute Gasteiger partial charge is 0.443 e. The van der Waals surface area contributed by atoms with Crippen molar-refractivity contribution in [2.75, 3.05) is 11.4 Å². The molecule has 4 aromatic rings. The van der Waals surface area contributed by atoms with Crippen LogP contribution in [-0.2, 0) is 4.74 Å². The number of nitriles is 1. The van der Waals surface area contributed by atoms with E-state index in [2.05, 4.69) is 20.6 Å². The Morgan fingerprint density at radius 1 is 1.07 bits per heavy atom. The van der Waals surface area contributed by atoms with Crippen molar-refractivity contribution in [1.82, 2.24) is 14.5 Å². The molecule has 2 aromatic heterocycles. The summed E-state index contributed by atoms with van der Waals surface area (Å²) in [4.78, 5) is 23.2. The number of nitrogens with zero attached hydrogens (tertiary/aromatic N) is 5. The van der Waals surface area contributed by atoms with Crippen LogP contribution in [0.3, 0.4) is 0 Å². The van der Waals surface area contributed by atoms with Gasteiger partial charge in [-0.2, -0.15) is 5.26 Å². The SMILES string of the molecule is CC(C)(C)OC(=O)N(CC1CC1)c1ccc(-c2c(C#N)c3ccc(Oc4ncccn4)cc3n2C2CCC2)cc1. The third-order valence-corrected chi connectivity index (χ3v) is 7.48. The average molecular weight is 536 g/mol. The van der Waals surface area contributed by atoms with Crippen molar-refractivity contribution in [3.63, 3.8) is 0 Å². The fourth-order valence-electron chi connectivity index (χ4n) is 5.18. The smallest absolute Gasteiger partial charge is 0.414 e. The molecule has 0 bridgehead atoms. The van der Waals surface area contributed by atoms with Crippen LogP contribution in [0.1, 0.15) is 64.5 Å². The summed E-state index contributed by atoms with van der Waals surface area (Å²) >= 11 is 0. The van der Waals surface area contributed by atoms with Gasteiger partial charge >= 0.3 is 12.1 Å². The molecule has 6 rings (SSSR count). The lowest BCUT2D eigenvalue weighted by atomic mass is 9.92. The van der Waals surface area contributed by atoms with Gasteiger partial charge in [-0.3, -0.25) is 4.90 Å². The van der Waals surface area contributed by atoms with E-state index in [-0.39, 0.29) is 12.1 Å². The molecule has 8 heteroatoms. The molecule has 2 fully saturated rings. The van der Waals surface area contributed by atoms with E-state index in [9.17, 15) is 10.1 Å². The number of hydrogen-bond acceptors (Lipinski definition) is 6. The highest BCUT2D eigenvalue weighted by Crippen LogP contribution is 2.44. The summed E-state index contributed by atoms with van der Waals surface area (Å²) in [5, 5.41) is 11.2. The van der Waals surface area contributed by atoms with E-state index < -0.39 is 5.60 Å². The van der Waals surface area contributed by atoms with Crippen molar-refractivity contribution < 1.29 is 14.3 Å². The number of amides is 1. The van der Waals surface area contributed by atoms with Gasteiger partial charge in [-0.05, 0) is 94.7 Å². The molecule has 0 unspecified atom stereocenters. The highest BCUT2D eigenvalue weighted by atomic mass is 16.6. The molecular weight excluding hydrogens is 502 g/mol. The zero-order valence-corrected chi connectivity index (χ0v) is 23.1. The molecule has 1 amide bonds. The summed E-state index contributed by atoms with van der Waals surface area (Å²) in [6.45, 7) is 6.30. The fraction of sp³-hybridized carbons (Fsp3) is 0.375. The molecule has 0 atom stereocenters. The van der Waals surface area contributed by atoms with E-state index >= 15 is 0 Å². The van der Waals surface area contributed by atoms with Gasteiger partial charge in [0, 0.05) is 42.1 Å². The van der Waals surface area contributed by atoms with Crippen LogP contribution in [0, 0.1) is 17.2 Å². The van der Waals surface area contributed by atoms with Gasteiger partial charge in [0.15, 0.2) is 0 Å². The highest BCUT2D eigenvalue weighted by molar-refractivity contribution is 5.96. The third kappa shape index (κ3) is 5.24. The lowest BCUT2D eigenvalue weighted by Crippen LogP contribution is -2.38. The van der Waals surface area contributed by atoms with Crippen molar-refractivity contribution >= 4 is 22.7 Å². The summed E-state index contributed by atoms with van der Waals surface area (Å²) in [5.74, 6) is 1.13. The second kappa shape index (κ2) is 10.3. The van der Waals surface area contributed by atoms with E-state index in [0.717, 1.165) is 60.0 Å². The lowest BCUT2D eigenvalue weighted by Gasteiger charge is -2.30. The van der Waals surface area contributed by atoms with Gasteiger partial charge in [0.2, 0.25) is 0 Å². The summed E-state index contributed by atoms with van der Waals surface area (Å²) in [6.07, 6.45) is 8.48. The predicted molar refractivity (Wildman–Crippen MR) is 153 cm³/mol. The van der Waals surface area contributed by atoms with E-state index in [1.165, 1.54) is 0 Å². The maximum Gasteiger partial charge on any atom is 0.414 e. The maximum absolute atomic E-state index is 13.1. The van der Waals surface area contributed by atoms with Crippen molar-refractivity contribution in [2.24, 2.45) is 5.92 Å². The van der Waals surface area contributed by atoms with Gasteiger partial charge in [0.05, 0.1) is 16.8 Å². The second-order valence-corrected chi connectivity index (χ2v) is 11.7. The Hall–Kier alpha value is -4.38. The summed E-state index contributed by atoms with van der Waals surface area (Å²) in [6, 6.07) is 18.5. The molecule has 2 saturated carbocycles. The molecule has 40 heavy (non-hydrogen) atoms. The Balaban J connectivity index is 1.39. The molecule has 0 radical (unpaired) electrons. The van der Waals surface area contributed by atoms with Gasteiger partial charge in [0.1, 0.15) is 17.4 Å². The molecule has 2 aliphatic rings. The van der Waals surface area contributed by atoms with Crippen LogP contribution in [0.5, 0.6) is 11.8 Å². The average Bonchev–Trinajstić information content (AvgIpc) is 3.67. The van der Waals surface area contributed by atoms with E-state index in [1.54, 1.807) is 23.4 Å². The molecule has 2 aliphatic carbocycles. The minimum absolute atomic E-state index is 0.278. The number of carbonyl (C=O) groups is 1. The number of anilines is 1. The monoisotopic (exact) mass is 535 g/mol. The first-order chi connectivity index (χ1) is 19.3. The minimum Gasteiger partial charge on any atom is -0.443 e. The molecule has 0 aliphatic heterocycles. The molecule has 8 nitrogen and oxygen atoms in total. The van der Waals surface area contributed by atoms with Crippen LogP contribution in [0.25, 0.3) is 22.2 Å². The number of benzene rings is 2. The number of aromatic nitrogens is 3. The molecule has 0 saturated heterocycles. The molecule has 0 N–H and O–H groups in total. The maximum atomic E-state index is 13.1. The Kier molecular flexibility index (Phi) is 6.67. The first-order valence-corrected chi connectivity index (χ1v) is 13.9. The van der Waals surface area contributed by atoms with E-state index in [4.69, 9.17) is 9.47 Å². The number of rotatable bonds is 7. The first kappa shape index (κ1) is 25.9. The Bertz CT molecular complexity index is 1570. The van der Waals surface area contributed by atoms with Crippen LogP contribution in [-0.4, -0.2) is 32.8 Å². The van der Waals surface area contributed by atoms with Gasteiger partial charge in [-0.15, -0.1) is 0 Å². The van der Waals surface area contributed by atoms with Crippen LogP contribution in [0.2, 0.25) is 0 Å². The molecule has 204 valence electrons. The van der Waals surface area contributed by atoms with E-state index in [1.807, 2.05) is 63.2 Å². The fourth-order valence-corrected chi connectivity index (χ4v) is 5.18. The van der Waals surface area contributed by atoms with Crippen LogP contribution in [0.15, 0.2) is 60.9 Å². The predicted octanol–water partition coefficient (Wildman–Crippen LogP) is 7.64. The van der Waals surface area contributed by atoms with E-state index in [0.29, 0.717) is 29.8 Å². The lowest BCUT2D eigenvalue weighted by molar-refractivity contribution is 0.0578. The Morgan fingerprint density at radius 3 is 2.40 bits per heavy atom. The normalized spacial score (nSPS) is 15.3. The Morgan fingerprint density at radius 2 is 1.80 bits per heavy atom. The number of carbonyl (C=O) groups excluding carboxylic acids is 1. The zero-order chi connectivity index (χ0) is 27.9. The topological polar surface area (TPSA) is 93.3 Å². The van der Waals surface area contributed by atoms with Crippen molar-refractivity contribution in [1.29, 1.82) is 5.26 Å². The summed E-state index contributed by atoms with van der Waals surface area (Å²) in [5.41, 5.74) is 3.66. The molecule has 2 aromatic carbocycles. The summed E-state index contributed by atoms with van der Waals surface area (Å²) < 4.78 is 13.9. The third-order valence-electron chi connectivity index (χ3n) is 7.48. The van der Waals surface area contributed by atoms with Crippen molar-refractivity contribution in [3.8, 4) is 29.1 Å². The van der Waals surface area contributed by atoms with Crippen molar-refractivity contribution in [3.05, 3.63) is 66.5 Å². The zero-order valence-electron chi connectivity index (χ0n) is 23.1. The summed E-state index contributed by atoms with van der Waals surface area (Å²) in [7, 11) is 0. The molecular formula is C32H33N5O3. The Labute approximate surface area is 234 Å². The van der Waals surface area contributed by atoms with Gasteiger partial charge in [-0.25, -0.2) is 14.8 Å². The number of fused-ring (bicyclic) bond motifs is 1. The van der Waals surface area contributed by atoms with Crippen LogP contribution < -0.4 is 9.64 Å². The van der Waals surface area contributed by atoms with Crippen molar-refractivity contribution in [2.45, 2.75) is 64.5 Å². The standard InChI is InChI=1S/C32H33N5O3/c1-32(2,3)40-31(38)36(20-21-8-9-21)23-12-10-22(11-13-23)29-27(19-33)26-15-14-25(39-30-34-16-5-17-35-30)18-28(26)37(29)24-6-4-7-24/h5,10-18,21,24H,4,6-9,20H2,1-3H3. The number of ether oxygens (including phenoxy) is 2. The second-order valence-electron chi connectivity index (χ2n) is 11.7. The van der Waals surface area contributed by atoms with Crippen LogP contribution >= 0.6 is 0 Å². The minimum atomic E-state index is -0.570. The van der Waals surface area contributed by atoms with Gasteiger partial charge in [0.25, 0.3) is 0 Å². The van der Waals surface area contributed by atoms with Gasteiger partial charge in [-0.1, -0.05) is 12.1 Å². The highest BCUT2D eigenvalue weighted by Gasteiger charge is 2.31. The quantitative estimate of drug-likeness (QED) is 0.241. The molecule has 0 spiro atoms. The van der Waals surface area contributed by atoms with Crippen LogP contribution in [0.4, 0.5) is 10.5 Å².